The van der Waals surface area contributed by atoms with Gasteiger partial charge in [0.15, 0.2) is 0 Å². The summed E-state index contributed by atoms with van der Waals surface area (Å²) in [6.07, 6.45) is 0.222. The average molecular weight is 248 g/mol. The van der Waals surface area contributed by atoms with Crippen molar-refractivity contribution in [2.24, 2.45) is 0 Å². The van der Waals surface area contributed by atoms with E-state index in [2.05, 4.69) is 0 Å². The molecule has 0 rings (SSSR count). The molecule has 13 heavy (non-hydrogen) atoms. The van der Waals surface area contributed by atoms with Gasteiger partial charge in [0.2, 0.25) is 0 Å². The van der Waals surface area contributed by atoms with E-state index in [4.69, 9.17) is 0 Å². The molecule has 0 radical (unpaired) electrons. The summed E-state index contributed by atoms with van der Waals surface area (Å²) < 4.78 is 0. The largest absolute Gasteiger partial charge is 2.00 e. The molecule has 0 saturated heterocycles. The van der Waals surface area contributed by atoms with Crippen LogP contribution in [0.5, 0.6) is 0 Å². The van der Waals surface area contributed by atoms with Gasteiger partial charge in [-0.1, -0.05) is 13.8 Å². The predicted octanol–water partition coefficient (Wildman–Crippen LogP) is -3.36. The zero-order valence-electron chi connectivity index (χ0n) is 7.75. The van der Waals surface area contributed by atoms with E-state index in [1.807, 2.05) is 0 Å². The zero-order valence-corrected chi connectivity index (χ0v) is 10.7. The molecule has 0 fully saturated rings. The topological polar surface area (TPSA) is 143 Å². The molecule has 7 heteroatoms. The van der Waals surface area contributed by atoms with Gasteiger partial charge < -0.3 is 30.8 Å². The van der Waals surface area contributed by atoms with Gasteiger partial charge in [0.25, 0.3) is 0 Å². The number of aliphatic carboxylic acids is 2. The fraction of sp³-hybridized carbons (Fsp3) is 0.667. The minimum atomic E-state index is -0.995. The molecule has 0 aromatic carbocycles. The van der Waals surface area contributed by atoms with Gasteiger partial charge in [-0.3, -0.25) is 0 Å². The summed E-state index contributed by atoms with van der Waals surface area (Å²) in [7, 11) is 0. The van der Waals surface area contributed by atoms with Crippen molar-refractivity contribution < 1.29 is 50.2 Å². The summed E-state index contributed by atoms with van der Waals surface area (Å²) in [5, 5.41) is 18.5. The number of carbonyl (C=O) groups excluding carboxylic acids is 2. The van der Waals surface area contributed by atoms with Crippen LogP contribution in [-0.2, 0) is 29.1 Å². The Hall–Kier alpha value is -0.517. The molecule has 0 aromatic rings. The molecule has 76 valence electrons. The molecule has 6 nitrogen and oxygen atoms in total. The second kappa shape index (κ2) is 22.5. The van der Waals surface area contributed by atoms with Crippen LogP contribution in [0, 0.1) is 0 Å². The van der Waals surface area contributed by atoms with Gasteiger partial charge in [-0.15, -0.1) is 0 Å². The molecule has 0 spiro atoms. The van der Waals surface area contributed by atoms with E-state index in [1.165, 1.54) is 13.8 Å². The quantitative estimate of drug-likeness (QED) is 0.469. The fourth-order valence-corrected chi connectivity index (χ4v) is 0. The summed E-state index contributed by atoms with van der Waals surface area (Å²) >= 11 is 0. The van der Waals surface area contributed by atoms with Gasteiger partial charge in [0.05, 0.1) is 0 Å². The Morgan fingerprint density at radius 2 is 1.00 bits per heavy atom. The van der Waals surface area contributed by atoms with Gasteiger partial charge in [-0.05, 0) is 12.8 Å². The average Bonchev–Trinajstić information content (AvgIpc) is 1.89. The van der Waals surface area contributed by atoms with Crippen molar-refractivity contribution in [3.8, 4) is 0 Å². The number of hydrogen-bond acceptors (Lipinski definition) is 4. The third-order valence-corrected chi connectivity index (χ3v) is 0.577. The fourth-order valence-electron chi connectivity index (χ4n) is 0. The van der Waals surface area contributed by atoms with Gasteiger partial charge in [-0.2, -0.15) is 0 Å². The summed E-state index contributed by atoms with van der Waals surface area (Å²) in [5.41, 5.74) is 0. The Bertz CT molecular complexity index is 102. The third kappa shape index (κ3) is 85.1. The summed E-state index contributed by atoms with van der Waals surface area (Å²) in [6, 6.07) is 0. The Kier molecular flexibility index (Phi) is 51.0. The maximum Gasteiger partial charge on any atom is 2.00 e. The molecule has 0 saturated carbocycles. The molecule has 0 aromatic heterocycles. The summed E-state index contributed by atoms with van der Waals surface area (Å²) in [6.45, 7) is 3.07. The van der Waals surface area contributed by atoms with Crippen LogP contribution in [0.15, 0.2) is 0 Å². The number of carboxylic acids is 2. The molecule has 0 unspecified atom stereocenters. The van der Waals surface area contributed by atoms with Gasteiger partial charge in [0, 0.05) is 11.9 Å². The monoisotopic (exact) mass is 246 g/mol. The van der Waals surface area contributed by atoms with E-state index < -0.39 is 11.9 Å². The van der Waals surface area contributed by atoms with Crippen LogP contribution in [0.3, 0.4) is 0 Å². The van der Waals surface area contributed by atoms with Crippen LogP contribution in [-0.4, -0.2) is 22.9 Å². The molecule has 0 aliphatic heterocycles. The van der Waals surface area contributed by atoms with Gasteiger partial charge >= 0.3 is 19.5 Å². The van der Waals surface area contributed by atoms with E-state index in [0.29, 0.717) is 0 Å². The van der Waals surface area contributed by atoms with Crippen molar-refractivity contribution in [1.82, 2.24) is 0 Å². The maximum absolute atomic E-state index is 9.26. The molecule has 4 N–H and O–H groups in total. The van der Waals surface area contributed by atoms with Gasteiger partial charge in [-0.25, -0.2) is 0 Å². The maximum atomic E-state index is 9.26. The second-order valence-electron chi connectivity index (χ2n) is 1.45. The minimum absolute atomic E-state index is 0. The smallest absolute Gasteiger partial charge is 0.550 e. The number of hydrogen-bond donors (Lipinski definition) is 0. The molecule has 0 bridgehead atoms. The first kappa shape index (κ1) is 29.4. The van der Waals surface area contributed by atoms with E-state index in [-0.39, 0.29) is 43.3 Å². The standard InChI is InChI=1S/2C3H6O2.2H2O.Zn/c2*1-2-3(4)5;;;/h2*2H2,1H3,(H,4,5);2*1H2;/q;;;;+2/p-2. The third-order valence-electron chi connectivity index (χ3n) is 0.577. The second-order valence-corrected chi connectivity index (χ2v) is 1.45. The van der Waals surface area contributed by atoms with Crippen LogP contribution in [0.2, 0.25) is 0 Å². The van der Waals surface area contributed by atoms with E-state index in [0.717, 1.165) is 0 Å². The Morgan fingerprint density at radius 1 is 0.923 bits per heavy atom. The van der Waals surface area contributed by atoms with E-state index in [1.54, 1.807) is 0 Å². The van der Waals surface area contributed by atoms with Crippen molar-refractivity contribution in [2.75, 3.05) is 0 Å². The Balaban J connectivity index is -0.0000000267. The van der Waals surface area contributed by atoms with Crippen LogP contribution in [0.4, 0.5) is 0 Å². The first-order chi connectivity index (χ1) is 4.54. The molecule has 0 heterocycles. The molecular weight excluding hydrogens is 233 g/mol. The molecular formula is C6H14O6Zn. The summed E-state index contributed by atoms with van der Waals surface area (Å²) in [4.78, 5) is 18.5. The van der Waals surface area contributed by atoms with Crippen molar-refractivity contribution in [3.05, 3.63) is 0 Å². The van der Waals surface area contributed by atoms with Crippen molar-refractivity contribution in [3.63, 3.8) is 0 Å². The SMILES string of the molecule is CCC(=O)[O-].CCC(=O)[O-].O.O.[Zn+2]. The molecule has 0 amide bonds. The number of rotatable bonds is 2. The molecule has 0 aliphatic rings. The predicted molar refractivity (Wildman–Crippen MR) is 37.8 cm³/mol. The zero-order chi connectivity index (χ0) is 8.57. The van der Waals surface area contributed by atoms with Crippen LogP contribution >= 0.6 is 0 Å². The Labute approximate surface area is 89.3 Å². The normalized spacial score (nSPS) is 5.69. The summed E-state index contributed by atoms with van der Waals surface area (Å²) in [5.74, 6) is -1.99. The van der Waals surface area contributed by atoms with Crippen LogP contribution in [0.1, 0.15) is 26.7 Å². The first-order valence-electron chi connectivity index (χ1n) is 2.94. The minimum Gasteiger partial charge on any atom is -0.550 e. The first-order valence-corrected chi connectivity index (χ1v) is 2.94. The van der Waals surface area contributed by atoms with Gasteiger partial charge in [0.1, 0.15) is 0 Å². The van der Waals surface area contributed by atoms with E-state index in [9.17, 15) is 19.8 Å². The number of carbonyl (C=O) groups is 2. The molecule has 0 atom stereocenters. The van der Waals surface area contributed by atoms with Crippen molar-refractivity contribution in [1.29, 1.82) is 0 Å². The molecule has 0 aliphatic carbocycles. The van der Waals surface area contributed by atoms with Crippen LogP contribution in [0.25, 0.3) is 0 Å². The number of carboxylic acid groups (broad SMARTS) is 2. The Morgan fingerprint density at radius 3 is 1.00 bits per heavy atom. The van der Waals surface area contributed by atoms with Crippen molar-refractivity contribution in [2.45, 2.75) is 26.7 Å². The van der Waals surface area contributed by atoms with Crippen molar-refractivity contribution >= 4 is 11.9 Å². The van der Waals surface area contributed by atoms with E-state index >= 15 is 0 Å². The van der Waals surface area contributed by atoms with Crippen LogP contribution < -0.4 is 10.2 Å².